The van der Waals surface area contributed by atoms with E-state index in [9.17, 15) is 0 Å². The van der Waals surface area contributed by atoms with Crippen LogP contribution in [0, 0.1) is 5.92 Å². The highest BCUT2D eigenvalue weighted by Gasteiger charge is 2.18. The van der Waals surface area contributed by atoms with E-state index >= 15 is 0 Å². The average molecular weight is 278 g/mol. The molecule has 0 atom stereocenters. The van der Waals surface area contributed by atoms with Gasteiger partial charge in [-0.1, -0.05) is 6.92 Å². The molecule has 0 spiro atoms. The van der Waals surface area contributed by atoms with Crippen LogP contribution in [0.15, 0.2) is 12.3 Å². The van der Waals surface area contributed by atoms with Crippen LogP contribution in [0.25, 0.3) is 0 Å². The summed E-state index contributed by atoms with van der Waals surface area (Å²) >= 11 is 0. The van der Waals surface area contributed by atoms with E-state index in [4.69, 9.17) is 4.74 Å². The standard InChI is InChI=1S/C15H26N4O/c1-3-9-19-10-6-13(7-11-19)12-17-15-16-8-5-14(18-15)20-4-2/h5,8,13H,3-4,6-7,9-12H2,1-2H3,(H,16,17,18). The third-order valence-corrected chi connectivity index (χ3v) is 3.72. The summed E-state index contributed by atoms with van der Waals surface area (Å²) in [5.74, 6) is 2.04. The van der Waals surface area contributed by atoms with Crippen molar-refractivity contribution in [3.63, 3.8) is 0 Å². The van der Waals surface area contributed by atoms with E-state index in [-0.39, 0.29) is 0 Å². The fourth-order valence-electron chi connectivity index (χ4n) is 2.62. The summed E-state index contributed by atoms with van der Waals surface area (Å²) in [5.41, 5.74) is 0. The molecule has 0 bridgehead atoms. The molecule has 1 aliphatic rings. The van der Waals surface area contributed by atoms with Crippen LogP contribution < -0.4 is 10.1 Å². The maximum atomic E-state index is 5.38. The third kappa shape index (κ3) is 4.63. The molecule has 0 saturated carbocycles. The van der Waals surface area contributed by atoms with E-state index in [0.29, 0.717) is 18.4 Å². The van der Waals surface area contributed by atoms with Crippen molar-refractivity contribution in [1.29, 1.82) is 0 Å². The van der Waals surface area contributed by atoms with Crippen molar-refractivity contribution in [2.75, 3.05) is 38.1 Å². The van der Waals surface area contributed by atoms with E-state index < -0.39 is 0 Å². The van der Waals surface area contributed by atoms with Gasteiger partial charge < -0.3 is 15.0 Å². The number of likely N-dealkylation sites (tertiary alicyclic amines) is 1. The first-order valence-electron chi connectivity index (χ1n) is 7.74. The van der Waals surface area contributed by atoms with Crippen LogP contribution in [0.5, 0.6) is 5.88 Å². The molecule has 2 rings (SSSR count). The van der Waals surface area contributed by atoms with Crippen LogP contribution >= 0.6 is 0 Å². The van der Waals surface area contributed by atoms with Crippen molar-refractivity contribution in [2.24, 2.45) is 5.92 Å². The van der Waals surface area contributed by atoms with E-state index in [1.54, 1.807) is 12.3 Å². The first kappa shape index (κ1) is 15.0. The van der Waals surface area contributed by atoms with Crippen LogP contribution in [-0.2, 0) is 0 Å². The van der Waals surface area contributed by atoms with Gasteiger partial charge in [0, 0.05) is 18.8 Å². The van der Waals surface area contributed by atoms with Gasteiger partial charge in [0.25, 0.3) is 0 Å². The van der Waals surface area contributed by atoms with Gasteiger partial charge in [-0.05, 0) is 51.7 Å². The molecule has 5 nitrogen and oxygen atoms in total. The molecular formula is C15H26N4O. The Kier molecular flexibility index (Phi) is 6.05. The van der Waals surface area contributed by atoms with Crippen molar-refractivity contribution < 1.29 is 4.74 Å². The molecule has 0 aliphatic carbocycles. The topological polar surface area (TPSA) is 50.3 Å². The van der Waals surface area contributed by atoms with Crippen molar-refractivity contribution in [3.05, 3.63) is 12.3 Å². The molecule has 1 aliphatic heterocycles. The number of anilines is 1. The maximum Gasteiger partial charge on any atom is 0.225 e. The quantitative estimate of drug-likeness (QED) is 0.830. The molecule has 0 amide bonds. The second kappa shape index (κ2) is 8.04. The minimum Gasteiger partial charge on any atom is -0.478 e. The first-order valence-corrected chi connectivity index (χ1v) is 7.74. The maximum absolute atomic E-state index is 5.38. The zero-order valence-electron chi connectivity index (χ0n) is 12.6. The molecule has 1 N–H and O–H groups in total. The number of ether oxygens (including phenoxy) is 1. The Labute approximate surface area is 121 Å². The minimum atomic E-state index is 0.631. The molecule has 0 unspecified atom stereocenters. The zero-order chi connectivity index (χ0) is 14.2. The van der Waals surface area contributed by atoms with Crippen LogP contribution in [-0.4, -0.2) is 47.7 Å². The van der Waals surface area contributed by atoms with Gasteiger partial charge in [0.2, 0.25) is 11.8 Å². The Bertz CT molecular complexity index is 391. The smallest absolute Gasteiger partial charge is 0.225 e. The largest absolute Gasteiger partial charge is 0.478 e. The van der Waals surface area contributed by atoms with E-state index in [1.165, 1.54) is 38.9 Å². The van der Waals surface area contributed by atoms with Crippen molar-refractivity contribution in [1.82, 2.24) is 14.9 Å². The number of hydrogen-bond donors (Lipinski definition) is 1. The predicted molar refractivity (Wildman–Crippen MR) is 81.1 cm³/mol. The van der Waals surface area contributed by atoms with Crippen LogP contribution in [0.4, 0.5) is 5.95 Å². The van der Waals surface area contributed by atoms with Gasteiger partial charge in [-0.2, -0.15) is 4.98 Å². The predicted octanol–water partition coefficient (Wildman–Crippen LogP) is 2.41. The normalized spacial score (nSPS) is 17.1. The van der Waals surface area contributed by atoms with Gasteiger partial charge in [-0.15, -0.1) is 0 Å². The Balaban J connectivity index is 1.74. The van der Waals surface area contributed by atoms with Gasteiger partial charge in [-0.3, -0.25) is 0 Å². The monoisotopic (exact) mass is 278 g/mol. The third-order valence-electron chi connectivity index (χ3n) is 3.72. The molecule has 0 radical (unpaired) electrons. The average Bonchev–Trinajstić information content (AvgIpc) is 2.48. The summed E-state index contributed by atoms with van der Waals surface area (Å²) in [4.78, 5) is 11.1. The molecule has 5 heteroatoms. The molecule has 112 valence electrons. The second-order valence-electron chi connectivity index (χ2n) is 5.32. The highest BCUT2D eigenvalue weighted by Crippen LogP contribution is 2.18. The fraction of sp³-hybridized carbons (Fsp3) is 0.733. The Morgan fingerprint density at radius 3 is 2.85 bits per heavy atom. The lowest BCUT2D eigenvalue weighted by Crippen LogP contribution is -2.36. The van der Waals surface area contributed by atoms with Gasteiger partial charge >= 0.3 is 0 Å². The van der Waals surface area contributed by atoms with Gasteiger partial charge in [0.15, 0.2) is 0 Å². The molecule has 1 fully saturated rings. The van der Waals surface area contributed by atoms with Gasteiger partial charge in [-0.25, -0.2) is 4.98 Å². The zero-order valence-corrected chi connectivity index (χ0v) is 12.6. The van der Waals surface area contributed by atoms with E-state index in [1.807, 2.05) is 6.92 Å². The molecule has 1 aromatic rings. The number of nitrogens with zero attached hydrogens (tertiary/aromatic N) is 3. The highest BCUT2D eigenvalue weighted by molar-refractivity contribution is 5.27. The Morgan fingerprint density at radius 2 is 2.15 bits per heavy atom. The molecular weight excluding hydrogens is 252 g/mol. The molecule has 1 saturated heterocycles. The first-order chi connectivity index (χ1) is 9.81. The summed E-state index contributed by atoms with van der Waals surface area (Å²) in [6.07, 6.45) is 5.52. The van der Waals surface area contributed by atoms with Crippen LogP contribution in [0.3, 0.4) is 0 Å². The minimum absolute atomic E-state index is 0.631. The number of aromatic nitrogens is 2. The fourth-order valence-corrected chi connectivity index (χ4v) is 2.62. The SMILES string of the molecule is CCCN1CCC(CNc2nccc(OCC)n2)CC1. The molecule has 20 heavy (non-hydrogen) atoms. The summed E-state index contributed by atoms with van der Waals surface area (Å²) in [6, 6.07) is 1.79. The molecule has 1 aromatic heterocycles. The summed E-state index contributed by atoms with van der Waals surface area (Å²) in [7, 11) is 0. The summed E-state index contributed by atoms with van der Waals surface area (Å²) in [6.45, 7) is 9.47. The summed E-state index contributed by atoms with van der Waals surface area (Å²) < 4.78 is 5.38. The van der Waals surface area contributed by atoms with Crippen LogP contribution in [0.2, 0.25) is 0 Å². The second-order valence-corrected chi connectivity index (χ2v) is 5.32. The number of rotatable bonds is 7. The number of hydrogen-bond acceptors (Lipinski definition) is 5. The highest BCUT2D eigenvalue weighted by atomic mass is 16.5. The lowest BCUT2D eigenvalue weighted by atomic mass is 9.97. The van der Waals surface area contributed by atoms with Crippen molar-refractivity contribution >= 4 is 5.95 Å². The van der Waals surface area contributed by atoms with E-state index in [2.05, 4.69) is 27.1 Å². The lowest BCUT2D eigenvalue weighted by molar-refractivity contribution is 0.190. The van der Waals surface area contributed by atoms with Gasteiger partial charge in [0.1, 0.15) is 0 Å². The lowest BCUT2D eigenvalue weighted by Gasteiger charge is -2.31. The Morgan fingerprint density at radius 1 is 1.35 bits per heavy atom. The van der Waals surface area contributed by atoms with Crippen molar-refractivity contribution in [2.45, 2.75) is 33.1 Å². The molecule has 0 aromatic carbocycles. The summed E-state index contributed by atoms with van der Waals surface area (Å²) in [5, 5.41) is 3.34. The molecule has 2 heterocycles. The van der Waals surface area contributed by atoms with Crippen LogP contribution in [0.1, 0.15) is 33.1 Å². The van der Waals surface area contributed by atoms with Gasteiger partial charge in [0.05, 0.1) is 6.61 Å². The number of nitrogens with one attached hydrogen (secondary N) is 1. The number of piperidine rings is 1. The van der Waals surface area contributed by atoms with Crippen molar-refractivity contribution in [3.8, 4) is 5.88 Å². The van der Waals surface area contributed by atoms with E-state index in [0.717, 1.165) is 12.5 Å². The Hall–Kier alpha value is -1.36.